The second kappa shape index (κ2) is 6.53. The molecule has 1 N–H and O–H groups in total. The molecule has 1 heterocycles. The van der Waals surface area contributed by atoms with Gasteiger partial charge in [0.05, 0.1) is 5.92 Å². The summed E-state index contributed by atoms with van der Waals surface area (Å²) in [5.74, 6) is -0.786. The molecule has 19 heavy (non-hydrogen) atoms. The maximum atomic E-state index is 10.9. The molecular formula is C16H21NO2. The fraction of sp³-hybridized carbons (Fsp3) is 0.438. The molecule has 0 saturated carbocycles. The Morgan fingerprint density at radius 1 is 1.32 bits per heavy atom. The van der Waals surface area contributed by atoms with Gasteiger partial charge in [0, 0.05) is 6.54 Å². The van der Waals surface area contributed by atoms with Gasteiger partial charge in [-0.15, -0.1) is 0 Å². The summed E-state index contributed by atoms with van der Waals surface area (Å²) in [5, 5.41) is 8.97. The number of piperidine rings is 1. The lowest BCUT2D eigenvalue weighted by Crippen LogP contribution is -2.37. The van der Waals surface area contributed by atoms with Crippen molar-refractivity contribution in [1.29, 1.82) is 0 Å². The first-order valence-corrected chi connectivity index (χ1v) is 6.82. The Labute approximate surface area is 114 Å². The summed E-state index contributed by atoms with van der Waals surface area (Å²) in [4.78, 5) is 13.2. The van der Waals surface area contributed by atoms with Gasteiger partial charge in [0.1, 0.15) is 0 Å². The first kappa shape index (κ1) is 13.8. The molecule has 0 radical (unpaired) electrons. The van der Waals surface area contributed by atoms with E-state index in [0.717, 1.165) is 32.5 Å². The molecule has 3 nitrogen and oxygen atoms in total. The third-order valence-electron chi connectivity index (χ3n) is 3.62. The highest BCUT2D eigenvalue weighted by molar-refractivity contribution is 5.70. The van der Waals surface area contributed by atoms with E-state index < -0.39 is 5.97 Å². The molecule has 1 aromatic rings. The zero-order valence-corrected chi connectivity index (χ0v) is 11.4. The number of nitrogens with zero attached hydrogens (tertiary/aromatic N) is 1. The topological polar surface area (TPSA) is 40.5 Å². The van der Waals surface area contributed by atoms with Gasteiger partial charge in [-0.1, -0.05) is 42.0 Å². The molecule has 1 saturated heterocycles. The Bertz CT molecular complexity index is 445. The van der Waals surface area contributed by atoms with E-state index in [9.17, 15) is 4.79 Å². The lowest BCUT2D eigenvalue weighted by atomic mass is 9.97. The normalized spacial score (nSPS) is 18.5. The van der Waals surface area contributed by atoms with E-state index in [1.807, 2.05) is 18.2 Å². The minimum absolute atomic E-state index is 0.144. The van der Waals surface area contributed by atoms with Crippen LogP contribution in [0.2, 0.25) is 0 Å². The summed E-state index contributed by atoms with van der Waals surface area (Å²) >= 11 is 0. The molecule has 0 atom stereocenters. The fourth-order valence-electron chi connectivity index (χ4n) is 2.57. The van der Waals surface area contributed by atoms with Crippen LogP contribution in [0.5, 0.6) is 0 Å². The van der Waals surface area contributed by atoms with Crippen LogP contribution in [0.4, 0.5) is 0 Å². The van der Waals surface area contributed by atoms with Crippen molar-refractivity contribution >= 4 is 12.0 Å². The van der Waals surface area contributed by atoms with Crippen LogP contribution < -0.4 is 0 Å². The van der Waals surface area contributed by atoms with E-state index in [2.05, 4.69) is 30.0 Å². The number of aliphatic carboxylic acids is 1. The summed E-state index contributed by atoms with van der Waals surface area (Å²) in [7, 11) is 0. The predicted octanol–water partition coefficient (Wildman–Crippen LogP) is 2.89. The number of likely N-dealkylation sites (tertiary alicyclic amines) is 1. The van der Waals surface area contributed by atoms with E-state index in [1.165, 1.54) is 11.1 Å². The van der Waals surface area contributed by atoms with Gasteiger partial charge in [-0.05, 0) is 38.4 Å². The van der Waals surface area contributed by atoms with Gasteiger partial charge in [-0.25, -0.2) is 0 Å². The summed E-state index contributed by atoms with van der Waals surface area (Å²) < 4.78 is 0. The molecule has 1 fully saturated rings. The van der Waals surface area contributed by atoms with Gasteiger partial charge in [-0.2, -0.15) is 0 Å². The quantitative estimate of drug-likeness (QED) is 0.904. The molecule has 102 valence electrons. The highest BCUT2D eigenvalue weighted by atomic mass is 16.4. The van der Waals surface area contributed by atoms with Gasteiger partial charge in [0.25, 0.3) is 0 Å². The van der Waals surface area contributed by atoms with Crippen LogP contribution >= 0.6 is 0 Å². The summed E-state index contributed by atoms with van der Waals surface area (Å²) in [5.41, 5.74) is 2.54. The molecule has 0 amide bonds. The molecule has 1 aliphatic heterocycles. The molecule has 0 bridgehead atoms. The van der Waals surface area contributed by atoms with E-state index in [4.69, 9.17) is 5.11 Å². The smallest absolute Gasteiger partial charge is 0.306 e. The van der Waals surface area contributed by atoms with Gasteiger partial charge >= 0.3 is 5.97 Å². The van der Waals surface area contributed by atoms with Crippen molar-refractivity contribution in [2.75, 3.05) is 19.6 Å². The van der Waals surface area contributed by atoms with Gasteiger partial charge in [-0.3, -0.25) is 9.69 Å². The maximum absolute atomic E-state index is 10.9. The van der Waals surface area contributed by atoms with Gasteiger partial charge in [0.15, 0.2) is 0 Å². The number of carboxylic acids is 1. The molecule has 0 spiro atoms. The van der Waals surface area contributed by atoms with Crippen molar-refractivity contribution in [3.8, 4) is 0 Å². The summed E-state index contributed by atoms with van der Waals surface area (Å²) in [6, 6.07) is 10.3. The average molecular weight is 259 g/mol. The first-order chi connectivity index (χ1) is 9.15. The van der Waals surface area contributed by atoms with Crippen LogP contribution in [0.1, 0.15) is 25.3 Å². The number of hydrogen-bond acceptors (Lipinski definition) is 2. The van der Waals surface area contributed by atoms with Gasteiger partial charge in [0.2, 0.25) is 0 Å². The van der Waals surface area contributed by atoms with Crippen molar-refractivity contribution in [3.05, 3.63) is 41.5 Å². The zero-order valence-electron chi connectivity index (χ0n) is 11.4. The van der Waals surface area contributed by atoms with Crippen LogP contribution in [-0.2, 0) is 4.79 Å². The van der Waals surface area contributed by atoms with E-state index in [0.29, 0.717) is 0 Å². The number of carbonyl (C=O) groups is 1. The minimum Gasteiger partial charge on any atom is -0.481 e. The van der Waals surface area contributed by atoms with Crippen LogP contribution in [0.25, 0.3) is 6.08 Å². The number of benzene rings is 1. The first-order valence-electron chi connectivity index (χ1n) is 6.82. The zero-order chi connectivity index (χ0) is 13.7. The fourth-order valence-corrected chi connectivity index (χ4v) is 2.57. The standard InChI is InChI=1S/C16H21NO2/c1-13(11-14-5-3-2-4-6-14)12-17-9-7-15(8-10-17)16(18)19/h2-6,11,15H,7-10,12H2,1H3,(H,18,19)/b13-11+. The second-order valence-electron chi connectivity index (χ2n) is 5.29. The number of rotatable bonds is 4. The van der Waals surface area contributed by atoms with Crippen molar-refractivity contribution in [3.63, 3.8) is 0 Å². The van der Waals surface area contributed by atoms with Crippen LogP contribution in [0, 0.1) is 5.92 Å². The van der Waals surface area contributed by atoms with Gasteiger partial charge < -0.3 is 5.11 Å². The lowest BCUT2D eigenvalue weighted by molar-refractivity contribution is -0.143. The number of carboxylic acid groups (broad SMARTS) is 1. The van der Waals surface area contributed by atoms with Crippen LogP contribution in [0.3, 0.4) is 0 Å². The van der Waals surface area contributed by atoms with E-state index >= 15 is 0 Å². The number of hydrogen-bond donors (Lipinski definition) is 1. The molecule has 0 aromatic heterocycles. The van der Waals surface area contributed by atoms with Crippen molar-refractivity contribution in [1.82, 2.24) is 4.90 Å². The Kier molecular flexibility index (Phi) is 4.74. The Balaban J connectivity index is 1.85. The van der Waals surface area contributed by atoms with E-state index in [-0.39, 0.29) is 5.92 Å². The molecule has 3 heteroatoms. The molecule has 0 unspecified atom stereocenters. The summed E-state index contributed by atoms with van der Waals surface area (Å²) in [6.45, 7) is 4.84. The van der Waals surface area contributed by atoms with Crippen LogP contribution in [-0.4, -0.2) is 35.6 Å². The Hall–Kier alpha value is -1.61. The monoisotopic (exact) mass is 259 g/mol. The molecule has 1 aliphatic rings. The Morgan fingerprint density at radius 3 is 2.53 bits per heavy atom. The van der Waals surface area contributed by atoms with E-state index in [1.54, 1.807) is 0 Å². The third-order valence-corrected chi connectivity index (χ3v) is 3.62. The molecule has 1 aromatic carbocycles. The average Bonchev–Trinajstić information content (AvgIpc) is 2.40. The molecule has 2 rings (SSSR count). The third kappa shape index (κ3) is 4.21. The second-order valence-corrected chi connectivity index (χ2v) is 5.29. The Morgan fingerprint density at radius 2 is 1.95 bits per heavy atom. The van der Waals surface area contributed by atoms with Crippen molar-refractivity contribution in [2.24, 2.45) is 5.92 Å². The lowest BCUT2D eigenvalue weighted by Gasteiger charge is -2.30. The highest BCUT2D eigenvalue weighted by Crippen LogP contribution is 2.18. The maximum Gasteiger partial charge on any atom is 0.306 e. The largest absolute Gasteiger partial charge is 0.481 e. The van der Waals surface area contributed by atoms with Crippen molar-refractivity contribution in [2.45, 2.75) is 19.8 Å². The molecule has 0 aliphatic carbocycles. The SMILES string of the molecule is C/C(=C\c1ccccc1)CN1CCC(C(=O)O)CC1. The minimum atomic E-state index is -0.642. The van der Waals surface area contributed by atoms with Crippen LogP contribution in [0.15, 0.2) is 35.9 Å². The summed E-state index contributed by atoms with van der Waals surface area (Å²) in [6.07, 6.45) is 3.74. The molecular weight excluding hydrogens is 238 g/mol. The highest BCUT2D eigenvalue weighted by Gasteiger charge is 2.24. The predicted molar refractivity (Wildman–Crippen MR) is 76.9 cm³/mol. The van der Waals surface area contributed by atoms with Crippen molar-refractivity contribution < 1.29 is 9.90 Å².